The number of benzene rings is 1. The summed E-state index contributed by atoms with van der Waals surface area (Å²) in [5.41, 5.74) is 2.25. The lowest BCUT2D eigenvalue weighted by Gasteiger charge is -2.28. The van der Waals surface area contributed by atoms with Gasteiger partial charge in [0.25, 0.3) is 0 Å². The number of piperidine rings is 1. The Bertz CT molecular complexity index is 520. The van der Waals surface area contributed by atoms with E-state index in [2.05, 4.69) is 21.8 Å². The molecule has 1 aliphatic heterocycles. The van der Waals surface area contributed by atoms with Gasteiger partial charge in [-0.2, -0.15) is 0 Å². The molecule has 1 saturated heterocycles. The predicted octanol–water partition coefficient (Wildman–Crippen LogP) is 2.90. The highest BCUT2D eigenvalue weighted by Crippen LogP contribution is 2.20. The van der Waals surface area contributed by atoms with E-state index < -0.39 is 10.0 Å². The van der Waals surface area contributed by atoms with Crippen molar-refractivity contribution < 1.29 is 8.42 Å². The van der Waals surface area contributed by atoms with E-state index in [4.69, 9.17) is 0 Å². The topological polar surface area (TPSA) is 49.4 Å². The fraction of sp³-hybridized carbons (Fsp3) is 0.625. The van der Waals surface area contributed by atoms with Crippen molar-refractivity contribution in [2.75, 3.05) is 23.7 Å². The van der Waals surface area contributed by atoms with Gasteiger partial charge in [0.05, 0.1) is 5.75 Å². The lowest BCUT2D eigenvalue weighted by molar-refractivity contribution is 0.576. The van der Waals surface area contributed by atoms with Crippen LogP contribution >= 0.6 is 0 Å². The highest BCUT2D eigenvalue weighted by Gasteiger charge is 2.11. The summed E-state index contributed by atoms with van der Waals surface area (Å²) in [7, 11) is -3.13. The molecule has 0 aliphatic carbocycles. The number of nitrogens with zero attached hydrogens (tertiary/aromatic N) is 1. The zero-order valence-corrected chi connectivity index (χ0v) is 13.7. The molecule has 0 unspecified atom stereocenters. The van der Waals surface area contributed by atoms with Crippen LogP contribution in [-0.2, 0) is 16.6 Å². The minimum Gasteiger partial charge on any atom is -0.372 e. The number of sulfonamides is 1. The molecule has 21 heavy (non-hydrogen) atoms. The first kappa shape index (κ1) is 16.3. The third-order valence-corrected chi connectivity index (χ3v) is 5.33. The van der Waals surface area contributed by atoms with E-state index in [9.17, 15) is 8.42 Å². The molecule has 1 fully saturated rings. The van der Waals surface area contributed by atoms with Crippen LogP contribution in [0, 0.1) is 0 Å². The molecule has 1 heterocycles. The number of unbranched alkanes of at least 4 members (excludes halogenated alkanes) is 1. The summed E-state index contributed by atoms with van der Waals surface area (Å²) < 4.78 is 26.2. The van der Waals surface area contributed by atoms with Crippen molar-refractivity contribution in [2.45, 2.75) is 45.6 Å². The molecule has 1 aromatic rings. The molecule has 2 rings (SSSR count). The van der Waals surface area contributed by atoms with Crippen LogP contribution in [0.3, 0.4) is 0 Å². The van der Waals surface area contributed by atoms with Crippen LogP contribution in [0.15, 0.2) is 24.3 Å². The van der Waals surface area contributed by atoms with Gasteiger partial charge in [-0.05, 0) is 43.4 Å². The summed E-state index contributed by atoms with van der Waals surface area (Å²) in [6.07, 6.45) is 5.46. The highest BCUT2D eigenvalue weighted by molar-refractivity contribution is 7.89. The Morgan fingerprint density at radius 1 is 1.10 bits per heavy atom. The standard InChI is InChI=1S/C16H26N2O2S/c1-2-3-13-21(19,20)17-14-15-7-9-16(10-8-15)18-11-5-4-6-12-18/h7-10,17H,2-6,11-14H2,1H3. The summed E-state index contributed by atoms with van der Waals surface area (Å²) in [6.45, 7) is 4.63. The van der Waals surface area contributed by atoms with Crippen molar-refractivity contribution in [3.05, 3.63) is 29.8 Å². The molecule has 1 aromatic carbocycles. The molecular formula is C16H26N2O2S. The van der Waals surface area contributed by atoms with E-state index in [1.54, 1.807) is 0 Å². The summed E-state index contributed by atoms with van der Waals surface area (Å²) >= 11 is 0. The first-order valence-corrected chi connectivity index (χ1v) is 9.57. The average molecular weight is 310 g/mol. The van der Waals surface area contributed by atoms with Crippen LogP contribution in [-0.4, -0.2) is 27.3 Å². The third-order valence-electron chi connectivity index (χ3n) is 3.92. The molecule has 0 aromatic heterocycles. The molecule has 0 atom stereocenters. The van der Waals surface area contributed by atoms with Crippen LogP contribution in [0.25, 0.3) is 0 Å². The average Bonchev–Trinajstić information content (AvgIpc) is 2.53. The molecule has 0 saturated carbocycles. The molecule has 1 aliphatic rings. The van der Waals surface area contributed by atoms with Gasteiger partial charge in [-0.1, -0.05) is 25.5 Å². The SMILES string of the molecule is CCCCS(=O)(=O)NCc1ccc(N2CCCCC2)cc1. The van der Waals surface area contributed by atoms with E-state index >= 15 is 0 Å². The van der Waals surface area contributed by atoms with Crippen molar-refractivity contribution in [3.8, 4) is 0 Å². The number of nitrogens with one attached hydrogen (secondary N) is 1. The first-order chi connectivity index (χ1) is 10.1. The van der Waals surface area contributed by atoms with Gasteiger partial charge in [0.2, 0.25) is 10.0 Å². The highest BCUT2D eigenvalue weighted by atomic mass is 32.2. The molecule has 0 radical (unpaired) electrons. The van der Waals surface area contributed by atoms with Crippen molar-refractivity contribution in [2.24, 2.45) is 0 Å². The number of hydrogen-bond acceptors (Lipinski definition) is 3. The predicted molar refractivity (Wildman–Crippen MR) is 88.0 cm³/mol. The minimum absolute atomic E-state index is 0.218. The van der Waals surface area contributed by atoms with Gasteiger partial charge in [0.15, 0.2) is 0 Å². The van der Waals surface area contributed by atoms with Gasteiger partial charge in [-0.25, -0.2) is 13.1 Å². The molecule has 4 nitrogen and oxygen atoms in total. The van der Waals surface area contributed by atoms with Crippen LogP contribution in [0.4, 0.5) is 5.69 Å². The molecule has 118 valence electrons. The van der Waals surface area contributed by atoms with E-state index in [0.717, 1.165) is 25.1 Å². The molecule has 0 spiro atoms. The van der Waals surface area contributed by atoms with Crippen LogP contribution in [0.2, 0.25) is 0 Å². The van der Waals surface area contributed by atoms with Gasteiger partial charge in [0.1, 0.15) is 0 Å². The van der Waals surface area contributed by atoms with Crippen molar-refractivity contribution >= 4 is 15.7 Å². The van der Waals surface area contributed by atoms with Crippen molar-refractivity contribution in [1.82, 2.24) is 4.72 Å². The Kier molecular flexibility index (Phi) is 6.06. The second-order valence-electron chi connectivity index (χ2n) is 5.71. The summed E-state index contributed by atoms with van der Waals surface area (Å²) in [4.78, 5) is 2.40. The smallest absolute Gasteiger partial charge is 0.211 e. The van der Waals surface area contributed by atoms with E-state index in [1.807, 2.05) is 19.1 Å². The zero-order valence-electron chi connectivity index (χ0n) is 12.8. The molecular weight excluding hydrogens is 284 g/mol. The second kappa shape index (κ2) is 7.80. The van der Waals surface area contributed by atoms with E-state index in [-0.39, 0.29) is 5.75 Å². The Morgan fingerprint density at radius 3 is 2.38 bits per heavy atom. The number of anilines is 1. The molecule has 5 heteroatoms. The van der Waals surface area contributed by atoms with Gasteiger partial charge in [-0.15, -0.1) is 0 Å². The van der Waals surface area contributed by atoms with Crippen LogP contribution in [0.1, 0.15) is 44.6 Å². The zero-order chi connectivity index (χ0) is 15.1. The first-order valence-electron chi connectivity index (χ1n) is 7.92. The molecule has 0 bridgehead atoms. The Labute approximate surface area is 128 Å². The van der Waals surface area contributed by atoms with E-state index in [0.29, 0.717) is 13.0 Å². The summed E-state index contributed by atoms with van der Waals surface area (Å²) in [6, 6.07) is 8.24. The van der Waals surface area contributed by atoms with Crippen LogP contribution < -0.4 is 9.62 Å². The maximum atomic E-state index is 11.8. The molecule has 0 amide bonds. The van der Waals surface area contributed by atoms with Crippen molar-refractivity contribution in [3.63, 3.8) is 0 Å². The largest absolute Gasteiger partial charge is 0.372 e. The Morgan fingerprint density at radius 2 is 1.76 bits per heavy atom. The molecule has 1 N–H and O–H groups in total. The maximum absolute atomic E-state index is 11.8. The van der Waals surface area contributed by atoms with Gasteiger partial charge in [0, 0.05) is 25.3 Å². The van der Waals surface area contributed by atoms with E-state index in [1.165, 1.54) is 24.9 Å². The Hall–Kier alpha value is -1.07. The summed E-state index contributed by atoms with van der Waals surface area (Å²) in [5.74, 6) is 0.218. The number of rotatable bonds is 7. The van der Waals surface area contributed by atoms with Gasteiger partial charge in [-0.3, -0.25) is 0 Å². The van der Waals surface area contributed by atoms with Crippen LogP contribution in [0.5, 0.6) is 0 Å². The van der Waals surface area contributed by atoms with Gasteiger partial charge < -0.3 is 4.90 Å². The normalized spacial score (nSPS) is 16.1. The monoisotopic (exact) mass is 310 g/mol. The Balaban J connectivity index is 1.87. The third kappa shape index (κ3) is 5.32. The summed E-state index contributed by atoms with van der Waals surface area (Å²) in [5, 5.41) is 0. The fourth-order valence-corrected chi connectivity index (χ4v) is 3.78. The lowest BCUT2D eigenvalue weighted by atomic mass is 10.1. The van der Waals surface area contributed by atoms with Gasteiger partial charge >= 0.3 is 0 Å². The fourth-order valence-electron chi connectivity index (χ4n) is 2.58. The maximum Gasteiger partial charge on any atom is 0.211 e. The minimum atomic E-state index is -3.13. The van der Waals surface area contributed by atoms with Crippen molar-refractivity contribution in [1.29, 1.82) is 0 Å². The quantitative estimate of drug-likeness (QED) is 0.842. The second-order valence-corrected chi connectivity index (χ2v) is 7.63. The number of hydrogen-bond donors (Lipinski definition) is 1. The lowest BCUT2D eigenvalue weighted by Crippen LogP contribution is -2.29.